The largest absolute Gasteiger partial charge is 0.490 e. The van der Waals surface area contributed by atoms with Crippen LogP contribution in [-0.4, -0.2) is 44.1 Å². The number of piperidine rings is 1. The monoisotopic (exact) mass is 350 g/mol. The molecule has 1 aromatic rings. The maximum atomic E-state index is 12.0. The summed E-state index contributed by atoms with van der Waals surface area (Å²) >= 11 is 6.24. The number of hydrogen-bond acceptors (Lipinski definition) is 3. The van der Waals surface area contributed by atoms with Gasteiger partial charge in [-0.25, -0.2) is 0 Å². The smallest absolute Gasteiger partial charge is 0.254 e. The highest BCUT2D eigenvalue weighted by atomic mass is 35.5. The summed E-state index contributed by atoms with van der Waals surface area (Å²) in [4.78, 5) is 13.5. The Bertz CT molecular complexity index is 579. The van der Waals surface area contributed by atoms with Crippen LogP contribution in [0.5, 0.6) is 5.75 Å². The van der Waals surface area contributed by atoms with Crippen molar-refractivity contribution in [3.05, 3.63) is 28.8 Å². The van der Waals surface area contributed by atoms with Gasteiger partial charge in [-0.2, -0.15) is 0 Å². The Kier molecular flexibility index (Phi) is 5.67. The van der Waals surface area contributed by atoms with E-state index < -0.39 is 0 Å². The molecular formula is C19H27ClN2O2. The molecule has 1 aliphatic heterocycles. The Morgan fingerprint density at radius 2 is 1.96 bits per heavy atom. The molecule has 1 saturated carbocycles. The number of carbonyl (C=O) groups is 1. The van der Waals surface area contributed by atoms with Crippen molar-refractivity contribution < 1.29 is 9.53 Å². The molecule has 0 atom stereocenters. The van der Waals surface area contributed by atoms with E-state index in [2.05, 4.69) is 5.32 Å². The highest BCUT2D eigenvalue weighted by Crippen LogP contribution is 2.38. The molecule has 3 rings (SSSR count). The Hall–Kier alpha value is -1.26. The highest BCUT2D eigenvalue weighted by molar-refractivity contribution is 6.34. The fourth-order valence-corrected chi connectivity index (χ4v) is 3.98. The van der Waals surface area contributed by atoms with E-state index in [1.165, 1.54) is 37.3 Å². The van der Waals surface area contributed by atoms with E-state index >= 15 is 0 Å². The van der Waals surface area contributed by atoms with E-state index in [1.54, 1.807) is 26.2 Å². The van der Waals surface area contributed by atoms with Gasteiger partial charge >= 0.3 is 0 Å². The third-order valence-electron chi connectivity index (χ3n) is 5.20. The molecule has 4 nitrogen and oxygen atoms in total. The van der Waals surface area contributed by atoms with Crippen molar-refractivity contribution in [2.75, 3.05) is 27.2 Å². The molecule has 1 aliphatic carbocycles. The van der Waals surface area contributed by atoms with Gasteiger partial charge in [0.25, 0.3) is 5.91 Å². The van der Waals surface area contributed by atoms with Crippen LogP contribution in [-0.2, 0) is 0 Å². The zero-order chi connectivity index (χ0) is 17.1. The first-order valence-corrected chi connectivity index (χ1v) is 9.29. The summed E-state index contributed by atoms with van der Waals surface area (Å²) in [7, 11) is 3.44. The lowest BCUT2D eigenvalue weighted by Gasteiger charge is -2.38. The average molecular weight is 351 g/mol. The molecule has 1 heterocycles. The Labute approximate surface area is 149 Å². The second kappa shape index (κ2) is 7.75. The molecule has 0 unspecified atom stereocenters. The third kappa shape index (κ3) is 4.22. The number of hydrogen-bond donors (Lipinski definition) is 1. The van der Waals surface area contributed by atoms with E-state index in [9.17, 15) is 4.79 Å². The van der Waals surface area contributed by atoms with E-state index in [1.807, 2.05) is 6.07 Å². The van der Waals surface area contributed by atoms with Crippen LogP contribution in [0.15, 0.2) is 18.2 Å². The molecule has 1 aromatic carbocycles. The summed E-state index contributed by atoms with van der Waals surface area (Å²) in [5.41, 5.74) is 0.520. The number of ether oxygens (including phenoxy) is 1. The number of nitrogens with zero attached hydrogens (tertiary/aromatic N) is 1. The van der Waals surface area contributed by atoms with Crippen LogP contribution in [0, 0.1) is 11.8 Å². The first-order chi connectivity index (χ1) is 11.5. The molecule has 1 amide bonds. The normalized spacial score (nSPS) is 24.3. The SMILES string of the molecule is CN(C)C(=O)c1ccc(O[C@H]2C[C@@H](CC3CCNCC3)C2)cc1Cl. The molecular weight excluding hydrogens is 324 g/mol. The second-order valence-electron chi connectivity index (χ2n) is 7.35. The summed E-state index contributed by atoms with van der Waals surface area (Å²) in [6.45, 7) is 2.35. The zero-order valence-corrected chi connectivity index (χ0v) is 15.3. The summed E-state index contributed by atoms with van der Waals surface area (Å²) < 4.78 is 6.02. The van der Waals surface area contributed by atoms with Crippen molar-refractivity contribution in [1.29, 1.82) is 0 Å². The van der Waals surface area contributed by atoms with Crippen LogP contribution in [0.2, 0.25) is 5.02 Å². The molecule has 5 heteroatoms. The van der Waals surface area contributed by atoms with Crippen molar-refractivity contribution in [2.45, 2.75) is 38.2 Å². The molecule has 0 radical (unpaired) electrons. The van der Waals surface area contributed by atoms with Crippen molar-refractivity contribution in [2.24, 2.45) is 11.8 Å². The number of amides is 1. The van der Waals surface area contributed by atoms with Gasteiger partial charge in [0.05, 0.1) is 16.7 Å². The molecule has 132 valence electrons. The molecule has 2 aliphatic rings. The lowest BCUT2D eigenvalue weighted by molar-refractivity contribution is 0.0490. The molecule has 0 bridgehead atoms. The van der Waals surface area contributed by atoms with E-state index in [4.69, 9.17) is 16.3 Å². The minimum absolute atomic E-state index is 0.0859. The summed E-state index contributed by atoms with van der Waals surface area (Å²) in [6.07, 6.45) is 6.55. The zero-order valence-electron chi connectivity index (χ0n) is 14.6. The molecule has 1 N–H and O–H groups in total. The predicted molar refractivity (Wildman–Crippen MR) is 96.8 cm³/mol. The van der Waals surface area contributed by atoms with Crippen molar-refractivity contribution >= 4 is 17.5 Å². The maximum Gasteiger partial charge on any atom is 0.254 e. The quantitative estimate of drug-likeness (QED) is 0.882. The van der Waals surface area contributed by atoms with Gasteiger partial charge in [0.1, 0.15) is 5.75 Å². The first kappa shape index (κ1) is 17.6. The molecule has 0 aromatic heterocycles. The van der Waals surface area contributed by atoms with Crippen LogP contribution in [0.3, 0.4) is 0 Å². The molecule has 0 spiro atoms. The highest BCUT2D eigenvalue weighted by Gasteiger charge is 2.33. The van der Waals surface area contributed by atoms with Crippen LogP contribution in [0.4, 0.5) is 0 Å². The lowest BCUT2D eigenvalue weighted by Crippen LogP contribution is -2.36. The maximum absolute atomic E-state index is 12.0. The van der Waals surface area contributed by atoms with Gasteiger partial charge in [0.15, 0.2) is 0 Å². The fourth-order valence-electron chi connectivity index (χ4n) is 3.73. The minimum Gasteiger partial charge on any atom is -0.490 e. The van der Waals surface area contributed by atoms with Crippen LogP contribution >= 0.6 is 11.6 Å². The van der Waals surface area contributed by atoms with Crippen molar-refractivity contribution in [3.8, 4) is 5.75 Å². The fraction of sp³-hybridized carbons (Fsp3) is 0.632. The van der Waals surface area contributed by atoms with Crippen LogP contribution < -0.4 is 10.1 Å². The number of rotatable bonds is 5. The van der Waals surface area contributed by atoms with Gasteiger partial charge in [-0.3, -0.25) is 4.79 Å². The number of nitrogens with one attached hydrogen (secondary N) is 1. The van der Waals surface area contributed by atoms with Crippen molar-refractivity contribution in [1.82, 2.24) is 10.2 Å². The standard InChI is InChI=1S/C19H27ClN2O2/c1-22(2)19(23)17-4-3-15(12-18(17)20)24-16-10-14(11-16)9-13-5-7-21-8-6-13/h3-4,12-14,16,21H,5-11H2,1-2H3/t14-,16+. The van der Waals surface area contributed by atoms with Crippen LogP contribution in [0.1, 0.15) is 42.5 Å². The van der Waals surface area contributed by atoms with Gasteiger partial charge in [0.2, 0.25) is 0 Å². The van der Waals surface area contributed by atoms with E-state index in [-0.39, 0.29) is 5.91 Å². The molecule has 1 saturated heterocycles. The van der Waals surface area contributed by atoms with Crippen molar-refractivity contribution in [3.63, 3.8) is 0 Å². The van der Waals surface area contributed by atoms with E-state index in [0.29, 0.717) is 16.7 Å². The Morgan fingerprint density at radius 3 is 2.58 bits per heavy atom. The first-order valence-electron chi connectivity index (χ1n) is 8.91. The van der Waals surface area contributed by atoms with E-state index in [0.717, 1.165) is 30.4 Å². The number of carbonyl (C=O) groups excluding carboxylic acids is 1. The average Bonchev–Trinajstić information content (AvgIpc) is 2.53. The van der Waals surface area contributed by atoms with Gasteiger partial charge in [0, 0.05) is 14.1 Å². The Balaban J connectivity index is 1.47. The Morgan fingerprint density at radius 1 is 1.25 bits per heavy atom. The third-order valence-corrected chi connectivity index (χ3v) is 5.51. The van der Waals surface area contributed by atoms with Gasteiger partial charge in [-0.05, 0) is 75.2 Å². The number of benzene rings is 1. The topological polar surface area (TPSA) is 41.6 Å². The lowest BCUT2D eigenvalue weighted by atomic mass is 9.75. The summed E-state index contributed by atoms with van der Waals surface area (Å²) in [5.74, 6) is 2.38. The summed E-state index contributed by atoms with van der Waals surface area (Å²) in [6, 6.07) is 5.37. The molecule has 2 fully saturated rings. The van der Waals surface area contributed by atoms with Gasteiger partial charge in [-0.15, -0.1) is 0 Å². The summed E-state index contributed by atoms with van der Waals surface area (Å²) in [5, 5.41) is 3.88. The predicted octanol–water partition coefficient (Wildman–Crippen LogP) is 3.59. The second-order valence-corrected chi connectivity index (χ2v) is 7.75. The van der Waals surface area contributed by atoms with Gasteiger partial charge < -0.3 is 15.0 Å². The number of halogens is 1. The minimum atomic E-state index is -0.0859. The van der Waals surface area contributed by atoms with Gasteiger partial charge in [-0.1, -0.05) is 11.6 Å². The molecule has 24 heavy (non-hydrogen) atoms. The van der Waals surface area contributed by atoms with Crippen LogP contribution in [0.25, 0.3) is 0 Å².